The van der Waals surface area contributed by atoms with E-state index in [1.807, 2.05) is 0 Å². The van der Waals surface area contributed by atoms with Crippen LogP contribution in [0.3, 0.4) is 0 Å². The minimum atomic E-state index is -2.17. The quantitative estimate of drug-likeness (QED) is 0.438. The first-order valence-electron chi connectivity index (χ1n) is 5.18. The monoisotopic (exact) mass is 229 g/mol. The van der Waals surface area contributed by atoms with Crippen LogP contribution in [0.2, 0.25) is 0 Å². The van der Waals surface area contributed by atoms with E-state index in [9.17, 15) is 0 Å². The number of nitrogens with one attached hydrogen (secondary N) is 1. The Bertz CT molecular complexity index is 568. The van der Waals surface area contributed by atoms with Gasteiger partial charge in [-0.1, -0.05) is 36.4 Å². The Labute approximate surface area is 98.3 Å². The third kappa shape index (κ3) is 2.65. The number of para-hydroxylation sites is 2. The lowest BCUT2D eigenvalue weighted by atomic mass is 10.2. The second-order valence-corrected chi connectivity index (χ2v) is 3.56. The number of fused-ring (bicyclic) bond motifs is 3. The van der Waals surface area contributed by atoms with Gasteiger partial charge < -0.3 is 20.1 Å². The molecule has 4 nitrogen and oxygen atoms in total. The minimum Gasteiger partial charge on any atom is -0.402 e. The van der Waals surface area contributed by atoms with Crippen LogP contribution in [0.1, 0.15) is 0 Å². The van der Waals surface area contributed by atoms with Crippen LogP contribution in [-0.4, -0.2) is 27.4 Å². The van der Waals surface area contributed by atoms with Crippen LogP contribution in [-0.2, 0) is 0 Å². The van der Waals surface area contributed by atoms with E-state index in [-0.39, 0.29) is 0 Å². The summed E-state index contributed by atoms with van der Waals surface area (Å²) in [6, 6.07) is 16.8. The largest absolute Gasteiger partial charge is 0.631 e. The van der Waals surface area contributed by atoms with Crippen molar-refractivity contribution in [2.45, 2.75) is 0 Å². The SMILES string of the molecule is OB(O)O.c1ccc2c(c1)[nH]c1ccccc12. The van der Waals surface area contributed by atoms with Gasteiger partial charge in [0, 0.05) is 21.8 Å². The van der Waals surface area contributed by atoms with Gasteiger partial charge in [0.1, 0.15) is 0 Å². The van der Waals surface area contributed by atoms with Crippen molar-refractivity contribution in [2.75, 3.05) is 0 Å². The Hall–Kier alpha value is -1.82. The maximum Gasteiger partial charge on any atom is 0.631 e. The van der Waals surface area contributed by atoms with Crippen LogP contribution in [0.5, 0.6) is 0 Å². The first-order valence-corrected chi connectivity index (χ1v) is 5.18. The maximum atomic E-state index is 7.17. The molecule has 0 saturated heterocycles. The van der Waals surface area contributed by atoms with E-state index in [1.165, 1.54) is 21.8 Å². The summed E-state index contributed by atoms with van der Waals surface area (Å²) < 4.78 is 0. The second kappa shape index (κ2) is 5.01. The van der Waals surface area contributed by atoms with Crippen molar-refractivity contribution < 1.29 is 15.1 Å². The Morgan fingerprint density at radius 2 is 1.06 bits per heavy atom. The number of benzene rings is 2. The predicted octanol–water partition coefficient (Wildman–Crippen LogP) is 1.27. The molecular formula is C12H12BNO3. The summed E-state index contributed by atoms with van der Waals surface area (Å²) in [5.74, 6) is 0. The van der Waals surface area contributed by atoms with Gasteiger partial charge in [-0.25, -0.2) is 0 Å². The van der Waals surface area contributed by atoms with Crippen molar-refractivity contribution in [1.82, 2.24) is 4.98 Å². The molecule has 0 bridgehead atoms. The molecule has 0 spiro atoms. The fourth-order valence-electron chi connectivity index (χ4n) is 1.80. The molecule has 3 rings (SSSR count). The average molecular weight is 229 g/mol. The van der Waals surface area contributed by atoms with Gasteiger partial charge >= 0.3 is 7.32 Å². The molecule has 86 valence electrons. The number of hydrogen-bond donors (Lipinski definition) is 4. The van der Waals surface area contributed by atoms with Gasteiger partial charge in [-0.05, 0) is 12.1 Å². The van der Waals surface area contributed by atoms with Gasteiger partial charge in [-0.2, -0.15) is 0 Å². The van der Waals surface area contributed by atoms with Gasteiger partial charge in [0.05, 0.1) is 0 Å². The highest BCUT2D eigenvalue weighted by Gasteiger charge is 2.00. The normalized spacial score (nSPS) is 10.1. The topological polar surface area (TPSA) is 76.5 Å². The van der Waals surface area contributed by atoms with E-state index < -0.39 is 7.32 Å². The summed E-state index contributed by atoms with van der Waals surface area (Å²) in [6.07, 6.45) is 0. The van der Waals surface area contributed by atoms with Crippen LogP contribution in [0.15, 0.2) is 48.5 Å². The van der Waals surface area contributed by atoms with Crippen molar-refractivity contribution in [3.8, 4) is 0 Å². The number of aromatic nitrogens is 1. The molecule has 0 saturated carbocycles. The lowest BCUT2D eigenvalue weighted by molar-refractivity contribution is 0.278. The predicted molar refractivity (Wildman–Crippen MR) is 68.2 cm³/mol. The molecule has 4 N–H and O–H groups in total. The molecule has 2 aromatic carbocycles. The Morgan fingerprint density at radius 3 is 1.47 bits per heavy atom. The fourth-order valence-corrected chi connectivity index (χ4v) is 1.80. The van der Waals surface area contributed by atoms with E-state index >= 15 is 0 Å². The molecule has 1 aromatic heterocycles. The minimum absolute atomic E-state index is 1.21. The highest BCUT2D eigenvalue weighted by molar-refractivity contribution is 6.30. The molecule has 17 heavy (non-hydrogen) atoms. The lowest BCUT2D eigenvalue weighted by Crippen LogP contribution is -2.07. The van der Waals surface area contributed by atoms with Crippen LogP contribution in [0.4, 0.5) is 0 Å². The van der Waals surface area contributed by atoms with E-state index in [0.717, 1.165) is 0 Å². The summed E-state index contributed by atoms with van der Waals surface area (Å²) in [4.78, 5) is 3.38. The zero-order chi connectivity index (χ0) is 12.3. The first-order chi connectivity index (χ1) is 8.18. The summed E-state index contributed by atoms with van der Waals surface area (Å²) in [5.41, 5.74) is 2.42. The number of rotatable bonds is 0. The summed E-state index contributed by atoms with van der Waals surface area (Å²) in [5, 5.41) is 24.1. The zero-order valence-corrected chi connectivity index (χ0v) is 9.04. The van der Waals surface area contributed by atoms with Crippen LogP contribution in [0.25, 0.3) is 21.8 Å². The van der Waals surface area contributed by atoms with Crippen molar-refractivity contribution in [2.24, 2.45) is 0 Å². The molecule has 0 fully saturated rings. The van der Waals surface area contributed by atoms with Crippen molar-refractivity contribution >= 4 is 29.1 Å². The van der Waals surface area contributed by atoms with Crippen molar-refractivity contribution in [1.29, 1.82) is 0 Å². The molecule has 0 unspecified atom stereocenters. The van der Waals surface area contributed by atoms with E-state index in [2.05, 4.69) is 53.5 Å². The van der Waals surface area contributed by atoms with E-state index in [4.69, 9.17) is 15.1 Å². The molecule has 0 aliphatic rings. The number of H-pyrrole nitrogens is 1. The third-order valence-electron chi connectivity index (χ3n) is 2.41. The van der Waals surface area contributed by atoms with Gasteiger partial charge in [-0.15, -0.1) is 0 Å². The van der Waals surface area contributed by atoms with Crippen LogP contribution >= 0.6 is 0 Å². The third-order valence-corrected chi connectivity index (χ3v) is 2.41. The van der Waals surface area contributed by atoms with Crippen molar-refractivity contribution in [3.05, 3.63) is 48.5 Å². The second-order valence-electron chi connectivity index (χ2n) is 3.56. The molecule has 0 amide bonds. The molecule has 3 aromatic rings. The Morgan fingerprint density at radius 1 is 0.706 bits per heavy atom. The Kier molecular flexibility index (Phi) is 3.44. The van der Waals surface area contributed by atoms with E-state index in [0.29, 0.717) is 0 Å². The first kappa shape index (κ1) is 11.7. The highest BCUT2D eigenvalue weighted by Crippen LogP contribution is 2.24. The van der Waals surface area contributed by atoms with Gasteiger partial charge in [0.15, 0.2) is 0 Å². The maximum absolute atomic E-state index is 7.17. The molecule has 1 heterocycles. The molecule has 5 heteroatoms. The summed E-state index contributed by atoms with van der Waals surface area (Å²) >= 11 is 0. The zero-order valence-electron chi connectivity index (χ0n) is 9.04. The van der Waals surface area contributed by atoms with Crippen LogP contribution < -0.4 is 0 Å². The fraction of sp³-hybridized carbons (Fsp3) is 0. The lowest BCUT2D eigenvalue weighted by Gasteiger charge is -1.87. The number of hydrogen-bond acceptors (Lipinski definition) is 3. The van der Waals surface area contributed by atoms with Crippen molar-refractivity contribution in [3.63, 3.8) is 0 Å². The average Bonchev–Trinajstić information content (AvgIpc) is 2.66. The molecule has 0 radical (unpaired) electrons. The Balaban J connectivity index is 0.000000239. The molecule has 0 aliphatic heterocycles. The highest BCUT2D eigenvalue weighted by atomic mass is 16.5. The summed E-state index contributed by atoms with van der Waals surface area (Å²) in [6.45, 7) is 0. The van der Waals surface area contributed by atoms with Gasteiger partial charge in [0.25, 0.3) is 0 Å². The van der Waals surface area contributed by atoms with Crippen LogP contribution in [0, 0.1) is 0 Å². The standard InChI is InChI=1S/C12H9N.BH3O3/c1-3-7-11-9(5-1)10-6-2-4-8-12(10)13-11;2-1(3)4/h1-8,13H;2-4H. The van der Waals surface area contributed by atoms with Gasteiger partial charge in [-0.3, -0.25) is 0 Å². The molecular weight excluding hydrogens is 217 g/mol. The smallest absolute Gasteiger partial charge is 0.402 e. The van der Waals surface area contributed by atoms with E-state index in [1.54, 1.807) is 0 Å². The molecule has 0 atom stereocenters. The summed E-state index contributed by atoms with van der Waals surface area (Å²) in [7, 11) is -2.17. The van der Waals surface area contributed by atoms with Gasteiger partial charge in [0.2, 0.25) is 0 Å². The molecule has 0 aliphatic carbocycles. The number of aromatic amines is 1.